The standard InChI is InChI=1S/C12H14F4N2O/c1-12(19)3-2-5-18(6-4-12)9-7(13)10(15)17-11(16)8(9)14/h19H,2-6H2,1H3. The fraction of sp³-hybridized carbons (Fsp3) is 0.583. The molecule has 0 radical (unpaired) electrons. The van der Waals surface area contributed by atoms with E-state index in [9.17, 15) is 22.7 Å². The summed E-state index contributed by atoms with van der Waals surface area (Å²) >= 11 is 0. The van der Waals surface area contributed by atoms with Crippen LogP contribution in [-0.2, 0) is 0 Å². The minimum Gasteiger partial charge on any atom is -0.390 e. The lowest BCUT2D eigenvalue weighted by molar-refractivity contribution is 0.0481. The van der Waals surface area contributed by atoms with E-state index in [1.165, 1.54) is 4.90 Å². The lowest BCUT2D eigenvalue weighted by atomic mass is 9.98. The minimum absolute atomic E-state index is 0.115. The fourth-order valence-electron chi connectivity index (χ4n) is 2.24. The second-order valence-corrected chi connectivity index (χ2v) is 5.01. The molecule has 19 heavy (non-hydrogen) atoms. The molecule has 1 aliphatic rings. The van der Waals surface area contributed by atoms with E-state index in [2.05, 4.69) is 4.98 Å². The van der Waals surface area contributed by atoms with Crippen LogP contribution >= 0.6 is 0 Å². The van der Waals surface area contributed by atoms with Gasteiger partial charge in [-0.25, -0.2) is 0 Å². The maximum absolute atomic E-state index is 13.6. The van der Waals surface area contributed by atoms with Crippen LogP contribution in [0.2, 0.25) is 0 Å². The number of hydrogen-bond acceptors (Lipinski definition) is 3. The normalized spacial score (nSPS) is 24.4. The van der Waals surface area contributed by atoms with Crippen molar-refractivity contribution in [3.8, 4) is 0 Å². The Labute approximate surface area is 107 Å². The van der Waals surface area contributed by atoms with Gasteiger partial charge in [-0.1, -0.05) is 0 Å². The molecule has 0 bridgehead atoms. The molecule has 1 aromatic rings. The van der Waals surface area contributed by atoms with E-state index in [4.69, 9.17) is 0 Å². The number of halogens is 4. The molecule has 1 N–H and O–H groups in total. The van der Waals surface area contributed by atoms with Gasteiger partial charge < -0.3 is 10.0 Å². The molecule has 2 rings (SSSR count). The van der Waals surface area contributed by atoms with Gasteiger partial charge >= 0.3 is 0 Å². The highest BCUT2D eigenvalue weighted by Gasteiger charge is 2.30. The molecule has 0 amide bonds. The zero-order chi connectivity index (χ0) is 14.2. The van der Waals surface area contributed by atoms with Crippen LogP contribution in [0, 0.1) is 23.5 Å². The lowest BCUT2D eigenvalue weighted by Gasteiger charge is -2.24. The van der Waals surface area contributed by atoms with Gasteiger partial charge in [-0.15, -0.1) is 0 Å². The Hall–Kier alpha value is -1.37. The summed E-state index contributed by atoms with van der Waals surface area (Å²) in [6, 6.07) is 0. The third-order valence-corrected chi connectivity index (χ3v) is 3.35. The molecule has 1 atom stereocenters. The maximum Gasteiger partial charge on any atom is 0.253 e. The van der Waals surface area contributed by atoms with Crippen LogP contribution < -0.4 is 4.90 Å². The van der Waals surface area contributed by atoms with Crippen molar-refractivity contribution in [2.75, 3.05) is 18.0 Å². The van der Waals surface area contributed by atoms with Crippen LogP contribution in [0.25, 0.3) is 0 Å². The van der Waals surface area contributed by atoms with Gasteiger partial charge in [0.15, 0.2) is 0 Å². The molecule has 0 aromatic carbocycles. The Morgan fingerprint density at radius 1 is 1.05 bits per heavy atom. The predicted octanol–water partition coefficient (Wildman–Crippen LogP) is 2.38. The van der Waals surface area contributed by atoms with Crippen LogP contribution in [0.15, 0.2) is 0 Å². The number of pyridine rings is 1. The number of aliphatic hydroxyl groups is 1. The molecule has 106 valence electrons. The number of anilines is 1. The quantitative estimate of drug-likeness (QED) is 0.633. The lowest BCUT2D eigenvalue weighted by Crippen LogP contribution is -2.30. The molecule has 3 nitrogen and oxygen atoms in total. The average Bonchev–Trinajstić information content (AvgIpc) is 2.49. The van der Waals surface area contributed by atoms with E-state index in [0.717, 1.165) is 0 Å². The number of aromatic nitrogens is 1. The molecular weight excluding hydrogens is 264 g/mol. The van der Waals surface area contributed by atoms with Crippen molar-refractivity contribution >= 4 is 5.69 Å². The largest absolute Gasteiger partial charge is 0.390 e. The Balaban J connectivity index is 2.37. The van der Waals surface area contributed by atoms with Gasteiger partial charge in [0.2, 0.25) is 11.6 Å². The second-order valence-electron chi connectivity index (χ2n) is 5.01. The summed E-state index contributed by atoms with van der Waals surface area (Å²) in [5.41, 5.74) is -1.69. The van der Waals surface area contributed by atoms with Gasteiger partial charge in [0, 0.05) is 13.1 Å². The summed E-state index contributed by atoms with van der Waals surface area (Å²) in [7, 11) is 0. The van der Waals surface area contributed by atoms with Crippen LogP contribution in [-0.4, -0.2) is 28.8 Å². The number of rotatable bonds is 1. The summed E-state index contributed by atoms with van der Waals surface area (Å²) in [5, 5.41) is 9.89. The van der Waals surface area contributed by atoms with Gasteiger partial charge in [-0.05, 0) is 26.2 Å². The minimum atomic E-state index is -1.66. The first-order valence-electron chi connectivity index (χ1n) is 5.99. The molecule has 0 spiro atoms. The van der Waals surface area contributed by atoms with E-state index in [-0.39, 0.29) is 19.5 Å². The third kappa shape index (κ3) is 2.80. The molecule has 0 aliphatic carbocycles. The molecule has 7 heteroatoms. The van der Waals surface area contributed by atoms with Gasteiger partial charge in [0.1, 0.15) is 5.69 Å². The molecule has 1 saturated heterocycles. The van der Waals surface area contributed by atoms with Crippen molar-refractivity contribution in [1.29, 1.82) is 0 Å². The first kappa shape index (κ1) is 14.0. The van der Waals surface area contributed by atoms with Crippen LogP contribution in [0.1, 0.15) is 26.2 Å². The van der Waals surface area contributed by atoms with Crippen molar-refractivity contribution in [2.45, 2.75) is 31.8 Å². The van der Waals surface area contributed by atoms with Gasteiger partial charge in [-0.2, -0.15) is 22.5 Å². The van der Waals surface area contributed by atoms with Crippen molar-refractivity contribution in [3.63, 3.8) is 0 Å². The number of nitrogens with zero attached hydrogens (tertiary/aromatic N) is 2. The topological polar surface area (TPSA) is 36.4 Å². The highest BCUT2D eigenvalue weighted by atomic mass is 19.2. The van der Waals surface area contributed by atoms with Crippen molar-refractivity contribution in [2.24, 2.45) is 0 Å². The predicted molar refractivity (Wildman–Crippen MR) is 60.8 cm³/mol. The van der Waals surface area contributed by atoms with Crippen LogP contribution in [0.3, 0.4) is 0 Å². The van der Waals surface area contributed by atoms with Gasteiger partial charge in [-0.3, -0.25) is 0 Å². The van der Waals surface area contributed by atoms with E-state index < -0.39 is 34.8 Å². The van der Waals surface area contributed by atoms with Gasteiger partial charge in [0.05, 0.1) is 5.60 Å². The fourth-order valence-corrected chi connectivity index (χ4v) is 2.24. The maximum atomic E-state index is 13.6. The Morgan fingerprint density at radius 2 is 1.63 bits per heavy atom. The zero-order valence-electron chi connectivity index (χ0n) is 10.4. The highest BCUT2D eigenvalue weighted by Crippen LogP contribution is 2.30. The van der Waals surface area contributed by atoms with Crippen molar-refractivity contribution in [1.82, 2.24) is 4.98 Å². The average molecular weight is 278 g/mol. The monoisotopic (exact) mass is 278 g/mol. The summed E-state index contributed by atoms with van der Waals surface area (Å²) in [4.78, 5) is 3.73. The first-order chi connectivity index (χ1) is 8.82. The SMILES string of the molecule is CC1(O)CCCN(c2c(F)c(F)nc(F)c2F)CC1. The molecule has 1 aromatic heterocycles. The Bertz CT molecular complexity index is 467. The van der Waals surface area contributed by atoms with E-state index in [0.29, 0.717) is 12.8 Å². The van der Waals surface area contributed by atoms with E-state index in [1.807, 2.05) is 0 Å². The first-order valence-corrected chi connectivity index (χ1v) is 5.99. The van der Waals surface area contributed by atoms with E-state index in [1.54, 1.807) is 6.92 Å². The summed E-state index contributed by atoms with van der Waals surface area (Å²) in [6.07, 6.45) is 1.19. The molecule has 2 heterocycles. The Morgan fingerprint density at radius 3 is 2.21 bits per heavy atom. The summed E-state index contributed by atoms with van der Waals surface area (Å²) in [5.74, 6) is -6.32. The van der Waals surface area contributed by atoms with Crippen LogP contribution in [0.4, 0.5) is 23.2 Å². The highest BCUT2D eigenvalue weighted by molar-refractivity contribution is 5.48. The smallest absolute Gasteiger partial charge is 0.253 e. The number of hydrogen-bond donors (Lipinski definition) is 1. The molecule has 1 aliphatic heterocycles. The zero-order valence-corrected chi connectivity index (χ0v) is 10.4. The van der Waals surface area contributed by atoms with Crippen molar-refractivity contribution in [3.05, 3.63) is 23.5 Å². The van der Waals surface area contributed by atoms with Crippen molar-refractivity contribution < 1.29 is 22.7 Å². The second kappa shape index (κ2) is 4.96. The molecule has 1 fully saturated rings. The third-order valence-electron chi connectivity index (χ3n) is 3.35. The van der Waals surface area contributed by atoms with Crippen LogP contribution in [0.5, 0.6) is 0 Å². The molecular formula is C12H14F4N2O. The Kier molecular flexibility index (Phi) is 3.66. The van der Waals surface area contributed by atoms with E-state index >= 15 is 0 Å². The molecule has 0 saturated carbocycles. The molecule has 1 unspecified atom stereocenters. The summed E-state index contributed by atoms with van der Waals surface area (Å²) < 4.78 is 53.3. The summed E-state index contributed by atoms with van der Waals surface area (Å²) in [6.45, 7) is 1.95. The van der Waals surface area contributed by atoms with Gasteiger partial charge in [0.25, 0.3) is 11.9 Å².